The van der Waals surface area contributed by atoms with E-state index in [-0.39, 0.29) is 5.91 Å². The third kappa shape index (κ3) is 4.54. The van der Waals surface area contributed by atoms with Crippen molar-refractivity contribution in [3.8, 4) is 0 Å². The molecule has 128 valence electrons. The number of para-hydroxylation sites is 1. The van der Waals surface area contributed by atoms with E-state index in [0.717, 1.165) is 42.6 Å². The van der Waals surface area contributed by atoms with Gasteiger partial charge in [0.25, 0.3) is 5.91 Å². The van der Waals surface area contributed by atoms with Crippen LogP contribution in [0.2, 0.25) is 0 Å². The molecule has 0 bridgehead atoms. The van der Waals surface area contributed by atoms with Crippen molar-refractivity contribution in [2.24, 2.45) is 0 Å². The quantitative estimate of drug-likeness (QED) is 0.751. The monoisotopic (exact) mass is 326 g/mol. The van der Waals surface area contributed by atoms with Crippen LogP contribution in [0, 0.1) is 13.8 Å². The first-order valence-corrected chi connectivity index (χ1v) is 8.54. The van der Waals surface area contributed by atoms with E-state index in [9.17, 15) is 4.79 Å². The van der Waals surface area contributed by atoms with E-state index in [4.69, 9.17) is 0 Å². The lowest BCUT2D eigenvalue weighted by Crippen LogP contribution is -2.17. The number of hydrogen-bond donors (Lipinski definition) is 2. The summed E-state index contributed by atoms with van der Waals surface area (Å²) < 4.78 is 0. The van der Waals surface area contributed by atoms with Crippen LogP contribution in [-0.4, -0.2) is 22.4 Å². The molecule has 5 heteroatoms. The van der Waals surface area contributed by atoms with E-state index >= 15 is 0 Å². The van der Waals surface area contributed by atoms with Gasteiger partial charge in [0.1, 0.15) is 17.3 Å². The molecule has 0 aliphatic rings. The van der Waals surface area contributed by atoms with Gasteiger partial charge in [0, 0.05) is 18.3 Å². The Morgan fingerprint density at radius 1 is 1.17 bits per heavy atom. The zero-order valence-corrected chi connectivity index (χ0v) is 14.9. The second-order valence-corrected chi connectivity index (χ2v) is 5.88. The molecule has 2 aromatic rings. The zero-order chi connectivity index (χ0) is 17.5. The second kappa shape index (κ2) is 8.43. The minimum Gasteiger partial charge on any atom is -0.370 e. The van der Waals surface area contributed by atoms with Crippen molar-refractivity contribution in [1.29, 1.82) is 0 Å². The molecular formula is C19H26N4O. The molecule has 0 unspecified atom stereocenters. The molecule has 0 atom stereocenters. The molecule has 5 nitrogen and oxygen atoms in total. The van der Waals surface area contributed by atoms with Crippen molar-refractivity contribution < 1.29 is 4.79 Å². The Labute approximate surface area is 143 Å². The van der Waals surface area contributed by atoms with Crippen molar-refractivity contribution in [3.05, 3.63) is 46.9 Å². The maximum absolute atomic E-state index is 12.6. The first-order valence-electron chi connectivity index (χ1n) is 8.54. The van der Waals surface area contributed by atoms with Crippen molar-refractivity contribution >= 4 is 17.4 Å². The summed E-state index contributed by atoms with van der Waals surface area (Å²) in [5.41, 5.74) is 3.43. The van der Waals surface area contributed by atoms with Crippen molar-refractivity contribution in [3.63, 3.8) is 0 Å². The number of rotatable bonds is 7. The number of carbonyl (C=O) groups excluding carboxylic acids is 1. The van der Waals surface area contributed by atoms with Crippen molar-refractivity contribution in [1.82, 2.24) is 9.97 Å². The fourth-order valence-corrected chi connectivity index (χ4v) is 2.55. The third-order valence-electron chi connectivity index (χ3n) is 3.89. The molecule has 0 aliphatic carbocycles. The lowest BCUT2D eigenvalue weighted by atomic mass is 10.1. The third-order valence-corrected chi connectivity index (χ3v) is 3.89. The Morgan fingerprint density at radius 3 is 2.67 bits per heavy atom. The number of aryl methyl sites for hydroxylation is 3. The fraction of sp³-hybridized carbons (Fsp3) is 0.421. The number of aromatic nitrogens is 2. The molecule has 2 rings (SSSR count). The van der Waals surface area contributed by atoms with Gasteiger partial charge in [0.2, 0.25) is 0 Å². The van der Waals surface area contributed by atoms with E-state index < -0.39 is 0 Å². The largest absolute Gasteiger partial charge is 0.370 e. The summed E-state index contributed by atoms with van der Waals surface area (Å²) in [7, 11) is 0. The minimum absolute atomic E-state index is 0.206. The predicted molar refractivity (Wildman–Crippen MR) is 98.7 cm³/mol. The molecular weight excluding hydrogens is 300 g/mol. The van der Waals surface area contributed by atoms with Gasteiger partial charge in [0.05, 0.1) is 0 Å². The number of nitrogens with one attached hydrogen (secondary N) is 2. The first kappa shape index (κ1) is 17.9. The van der Waals surface area contributed by atoms with Gasteiger partial charge in [-0.2, -0.15) is 0 Å². The Balaban J connectivity index is 2.21. The Morgan fingerprint density at radius 2 is 1.96 bits per heavy atom. The van der Waals surface area contributed by atoms with Gasteiger partial charge in [-0.25, -0.2) is 9.97 Å². The molecule has 1 heterocycles. The summed E-state index contributed by atoms with van der Waals surface area (Å²) >= 11 is 0. The highest BCUT2D eigenvalue weighted by Crippen LogP contribution is 2.22. The van der Waals surface area contributed by atoms with Gasteiger partial charge in [0.15, 0.2) is 0 Å². The number of anilines is 2. The standard InChI is InChI=1S/C19H26N4O/c1-5-7-11-20-17-12-16(21-14(4)22-17)19(24)23-18-13(3)9-8-10-15(18)6-2/h8-10,12H,5-7,11H2,1-4H3,(H,23,24)(H,20,21,22). The molecule has 0 spiro atoms. The molecule has 0 saturated carbocycles. The van der Waals surface area contributed by atoms with Gasteiger partial charge >= 0.3 is 0 Å². The summed E-state index contributed by atoms with van der Waals surface area (Å²) in [5.74, 6) is 1.08. The molecule has 1 amide bonds. The Kier molecular flexibility index (Phi) is 6.29. The predicted octanol–water partition coefficient (Wildman–Crippen LogP) is 4.12. The van der Waals surface area contributed by atoms with E-state index in [2.05, 4.69) is 34.4 Å². The van der Waals surface area contributed by atoms with E-state index in [1.807, 2.05) is 25.1 Å². The highest BCUT2D eigenvalue weighted by Gasteiger charge is 2.13. The fourth-order valence-electron chi connectivity index (χ4n) is 2.55. The van der Waals surface area contributed by atoms with Crippen LogP contribution in [0.25, 0.3) is 0 Å². The molecule has 0 fully saturated rings. The number of carbonyl (C=O) groups is 1. The average molecular weight is 326 g/mol. The average Bonchev–Trinajstić information content (AvgIpc) is 2.56. The highest BCUT2D eigenvalue weighted by molar-refractivity contribution is 6.04. The maximum atomic E-state index is 12.6. The lowest BCUT2D eigenvalue weighted by Gasteiger charge is -2.13. The summed E-state index contributed by atoms with van der Waals surface area (Å²) in [6.45, 7) is 8.85. The summed E-state index contributed by atoms with van der Waals surface area (Å²) in [6.07, 6.45) is 3.04. The van der Waals surface area contributed by atoms with Crippen LogP contribution >= 0.6 is 0 Å². The first-order chi connectivity index (χ1) is 11.5. The number of unbranched alkanes of at least 4 members (excludes halogenated alkanes) is 1. The van der Waals surface area contributed by atoms with Crippen molar-refractivity contribution in [2.75, 3.05) is 17.2 Å². The van der Waals surface area contributed by atoms with Gasteiger partial charge in [-0.15, -0.1) is 0 Å². The van der Waals surface area contributed by atoms with Crippen LogP contribution in [0.15, 0.2) is 24.3 Å². The van der Waals surface area contributed by atoms with Crippen LogP contribution in [0.1, 0.15) is 54.1 Å². The van der Waals surface area contributed by atoms with Gasteiger partial charge in [-0.05, 0) is 37.8 Å². The topological polar surface area (TPSA) is 66.9 Å². The van der Waals surface area contributed by atoms with Crippen LogP contribution in [-0.2, 0) is 6.42 Å². The lowest BCUT2D eigenvalue weighted by molar-refractivity contribution is 0.102. The number of hydrogen-bond acceptors (Lipinski definition) is 4. The summed E-state index contributed by atoms with van der Waals surface area (Å²) in [4.78, 5) is 21.3. The van der Waals surface area contributed by atoms with E-state index in [1.165, 1.54) is 0 Å². The molecule has 0 radical (unpaired) electrons. The van der Waals surface area contributed by atoms with Crippen LogP contribution in [0.3, 0.4) is 0 Å². The zero-order valence-electron chi connectivity index (χ0n) is 14.9. The van der Waals surface area contributed by atoms with Gasteiger partial charge in [-0.3, -0.25) is 4.79 Å². The number of benzene rings is 1. The molecule has 1 aromatic heterocycles. The molecule has 2 N–H and O–H groups in total. The van der Waals surface area contributed by atoms with E-state index in [0.29, 0.717) is 17.3 Å². The molecule has 0 saturated heterocycles. The molecule has 1 aromatic carbocycles. The van der Waals surface area contributed by atoms with Crippen LogP contribution < -0.4 is 10.6 Å². The Bertz CT molecular complexity index is 713. The van der Waals surface area contributed by atoms with Gasteiger partial charge < -0.3 is 10.6 Å². The SMILES string of the molecule is CCCCNc1cc(C(=O)Nc2c(C)cccc2CC)nc(C)n1. The Hall–Kier alpha value is -2.43. The van der Waals surface area contributed by atoms with Crippen molar-refractivity contribution in [2.45, 2.75) is 47.0 Å². The molecule has 0 aliphatic heterocycles. The second-order valence-electron chi connectivity index (χ2n) is 5.88. The smallest absolute Gasteiger partial charge is 0.274 e. The maximum Gasteiger partial charge on any atom is 0.274 e. The molecule has 24 heavy (non-hydrogen) atoms. The van der Waals surface area contributed by atoms with Crippen LogP contribution in [0.4, 0.5) is 11.5 Å². The highest BCUT2D eigenvalue weighted by atomic mass is 16.1. The normalized spacial score (nSPS) is 10.5. The van der Waals surface area contributed by atoms with E-state index in [1.54, 1.807) is 13.0 Å². The number of nitrogens with zero attached hydrogens (tertiary/aromatic N) is 2. The van der Waals surface area contributed by atoms with Gasteiger partial charge in [-0.1, -0.05) is 38.5 Å². The summed E-state index contributed by atoms with van der Waals surface area (Å²) in [6, 6.07) is 7.75. The minimum atomic E-state index is -0.206. The number of amides is 1. The van der Waals surface area contributed by atoms with Crippen LogP contribution in [0.5, 0.6) is 0 Å². The summed E-state index contributed by atoms with van der Waals surface area (Å²) in [5, 5.41) is 6.26.